The van der Waals surface area contributed by atoms with Crippen LogP contribution in [0.1, 0.15) is 13.3 Å². The summed E-state index contributed by atoms with van der Waals surface area (Å²) in [6.07, 6.45) is 2.76. The Morgan fingerprint density at radius 1 is 1.71 bits per heavy atom. The SMILES string of the molecule is CC[C@@H](N)[C@H]1CNc2cccnc2N1. The highest BCUT2D eigenvalue weighted by molar-refractivity contribution is 5.66. The van der Waals surface area contributed by atoms with Crippen LogP contribution in [0.15, 0.2) is 18.3 Å². The molecule has 0 saturated heterocycles. The Balaban J connectivity index is 2.13. The molecule has 0 radical (unpaired) electrons. The number of hydrogen-bond donors (Lipinski definition) is 3. The number of rotatable bonds is 2. The molecule has 1 aromatic rings. The topological polar surface area (TPSA) is 63.0 Å². The molecule has 2 rings (SSSR count). The lowest BCUT2D eigenvalue weighted by Crippen LogP contribution is -2.46. The lowest BCUT2D eigenvalue weighted by Gasteiger charge is -2.30. The minimum Gasteiger partial charge on any atom is -0.380 e. The highest BCUT2D eigenvalue weighted by Crippen LogP contribution is 2.23. The fraction of sp³-hybridized carbons (Fsp3) is 0.500. The summed E-state index contributed by atoms with van der Waals surface area (Å²) in [6.45, 7) is 2.97. The third-order valence-electron chi connectivity index (χ3n) is 2.63. The molecular weight excluding hydrogens is 176 g/mol. The maximum Gasteiger partial charge on any atom is 0.149 e. The van der Waals surface area contributed by atoms with Gasteiger partial charge in [-0.25, -0.2) is 4.98 Å². The summed E-state index contributed by atoms with van der Waals surface area (Å²) < 4.78 is 0. The van der Waals surface area contributed by atoms with Crippen molar-refractivity contribution < 1.29 is 0 Å². The second kappa shape index (κ2) is 3.84. The predicted molar refractivity (Wildman–Crippen MR) is 58.4 cm³/mol. The van der Waals surface area contributed by atoms with Gasteiger partial charge in [0, 0.05) is 18.8 Å². The van der Waals surface area contributed by atoms with E-state index >= 15 is 0 Å². The van der Waals surface area contributed by atoms with E-state index in [0.29, 0.717) is 0 Å². The average molecular weight is 192 g/mol. The summed E-state index contributed by atoms with van der Waals surface area (Å²) in [4.78, 5) is 4.26. The van der Waals surface area contributed by atoms with Gasteiger partial charge in [-0.2, -0.15) is 0 Å². The van der Waals surface area contributed by atoms with E-state index in [-0.39, 0.29) is 12.1 Å². The van der Waals surface area contributed by atoms with Gasteiger partial charge in [0.05, 0.1) is 11.7 Å². The Bertz CT molecular complexity index is 313. The minimum atomic E-state index is 0.178. The van der Waals surface area contributed by atoms with Gasteiger partial charge in [-0.15, -0.1) is 0 Å². The maximum atomic E-state index is 5.97. The zero-order valence-electron chi connectivity index (χ0n) is 8.33. The van der Waals surface area contributed by atoms with Gasteiger partial charge in [-0.3, -0.25) is 0 Å². The zero-order chi connectivity index (χ0) is 9.97. The molecule has 76 valence electrons. The fourth-order valence-corrected chi connectivity index (χ4v) is 1.65. The molecule has 2 atom stereocenters. The zero-order valence-corrected chi connectivity index (χ0v) is 8.33. The van der Waals surface area contributed by atoms with Crippen LogP contribution in [0.25, 0.3) is 0 Å². The van der Waals surface area contributed by atoms with Crippen LogP contribution in [0.4, 0.5) is 11.5 Å². The van der Waals surface area contributed by atoms with Gasteiger partial charge in [0.1, 0.15) is 5.82 Å². The van der Waals surface area contributed by atoms with Crippen molar-refractivity contribution in [1.29, 1.82) is 0 Å². The largest absolute Gasteiger partial charge is 0.380 e. The molecule has 4 N–H and O–H groups in total. The van der Waals surface area contributed by atoms with Crippen molar-refractivity contribution in [3.63, 3.8) is 0 Å². The number of anilines is 2. The standard InChI is InChI=1S/C10H16N4/c1-2-7(11)9-6-13-8-4-3-5-12-10(8)14-9/h3-5,7,9,13H,2,6,11H2,1H3,(H,12,14)/t7-,9-/m1/s1. The molecule has 0 spiro atoms. The van der Waals surface area contributed by atoms with Gasteiger partial charge in [-0.1, -0.05) is 6.92 Å². The Kier molecular flexibility index (Phi) is 2.54. The van der Waals surface area contributed by atoms with E-state index in [2.05, 4.69) is 22.5 Å². The van der Waals surface area contributed by atoms with Crippen molar-refractivity contribution in [2.24, 2.45) is 5.73 Å². The molecular formula is C10H16N4. The van der Waals surface area contributed by atoms with E-state index in [1.54, 1.807) is 6.20 Å². The van der Waals surface area contributed by atoms with Crippen molar-refractivity contribution in [3.05, 3.63) is 18.3 Å². The van der Waals surface area contributed by atoms with Crippen molar-refractivity contribution in [3.8, 4) is 0 Å². The van der Waals surface area contributed by atoms with Gasteiger partial charge >= 0.3 is 0 Å². The van der Waals surface area contributed by atoms with Gasteiger partial charge in [0.2, 0.25) is 0 Å². The second-order valence-corrected chi connectivity index (χ2v) is 3.60. The Morgan fingerprint density at radius 2 is 2.57 bits per heavy atom. The van der Waals surface area contributed by atoms with Crippen LogP contribution < -0.4 is 16.4 Å². The fourth-order valence-electron chi connectivity index (χ4n) is 1.65. The molecule has 2 heterocycles. The average Bonchev–Trinajstić information content (AvgIpc) is 2.27. The van der Waals surface area contributed by atoms with Crippen LogP contribution in [-0.4, -0.2) is 23.6 Å². The van der Waals surface area contributed by atoms with E-state index in [1.807, 2.05) is 12.1 Å². The second-order valence-electron chi connectivity index (χ2n) is 3.60. The molecule has 0 aromatic carbocycles. The van der Waals surface area contributed by atoms with Crippen LogP contribution >= 0.6 is 0 Å². The highest BCUT2D eigenvalue weighted by Gasteiger charge is 2.21. The molecule has 1 aliphatic rings. The van der Waals surface area contributed by atoms with E-state index in [4.69, 9.17) is 5.73 Å². The first kappa shape index (κ1) is 9.27. The van der Waals surface area contributed by atoms with Gasteiger partial charge < -0.3 is 16.4 Å². The van der Waals surface area contributed by atoms with E-state index in [9.17, 15) is 0 Å². The number of nitrogens with one attached hydrogen (secondary N) is 2. The quantitative estimate of drug-likeness (QED) is 0.654. The van der Waals surface area contributed by atoms with Gasteiger partial charge in [0.15, 0.2) is 0 Å². The number of nitrogens with zero attached hydrogens (tertiary/aromatic N) is 1. The lowest BCUT2D eigenvalue weighted by atomic mass is 10.0. The highest BCUT2D eigenvalue weighted by atomic mass is 15.1. The Hall–Kier alpha value is -1.29. The summed E-state index contributed by atoms with van der Waals surface area (Å²) in [5.74, 6) is 0.910. The lowest BCUT2D eigenvalue weighted by molar-refractivity contribution is 0.550. The monoisotopic (exact) mass is 192 g/mol. The smallest absolute Gasteiger partial charge is 0.149 e. The molecule has 14 heavy (non-hydrogen) atoms. The number of fused-ring (bicyclic) bond motifs is 1. The maximum absolute atomic E-state index is 5.97. The minimum absolute atomic E-state index is 0.178. The van der Waals surface area contributed by atoms with Crippen molar-refractivity contribution in [1.82, 2.24) is 4.98 Å². The molecule has 0 unspecified atom stereocenters. The first-order chi connectivity index (χ1) is 6.81. The molecule has 0 saturated carbocycles. The summed E-state index contributed by atoms with van der Waals surface area (Å²) in [7, 11) is 0. The van der Waals surface area contributed by atoms with Crippen LogP contribution in [0.5, 0.6) is 0 Å². The molecule has 1 aliphatic heterocycles. The van der Waals surface area contributed by atoms with E-state index in [1.165, 1.54) is 0 Å². The molecule has 1 aromatic heterocycles. The first-order valence-electron chi connectivity index (χ1n) is 5.02. The van der Waals surface area contributed by atoms with Crippen molar-refractivity contribution in [2.45, 2.75) is 25.4 Å². The van der Waals surface area contributed by atoms with Gasteiger partial charge in [-0.05, 0) is 18.6 Å². The van der Waals surface area contributed by atoms with Gasteiger partial charge in [0.25, 0.3) is 0 Å². The molecule has 4 nitrogen and oxygen atoms in total. The third-order valence-corrected chi connectivity index (χ3v) is 2.63. The summed E-state index contributed by atoms with van der Waals surface area (Å²) in [5.41, 5.74) is 7.04. The van der Waals surface area contributed by atoms with Crippen LogP contribution in [-0.2, 0) is 0 Å². The van der Waals surface area contributed by atoms with Crippen LogP contribution in [0.3, 0.4) is 0 Å². The normalized spacial score (nSPS) is 21.7. The van der Waals surface area contributed by atoms with E-state index < -0.39 is 0 Å². The number of pyridine rings is 1. The molecule has 0 bridgehead atoms. The molecule has 0 fully saturated rings. The Morgan fingerprint density at radius 3 is 3.36 bits per heavy atom. The molecule has 0 aliphatic carbocycles. The number of nitrogens with two attached hydrogens (primary N) is 1. The number of hydrogen-bond acceptors (Lipinski definition) is 4. The number of aromatic nitrogens is 1. The van der Waals surface area contributed by atoms with Crippen molar-refractivity contribution >= 4 is 11.5 Å². The van der Waals surface area contributed by atoms with E-state index in [0.717, 1.165) is 24.5 Å². The van der Waals surface area contributed by atoms with Crippen molar-refractivity contribution in [2.75, 3.05) is 17.2 Å². The van der Waals surface area contributed by atoms with Crippen LogP contribution in [0, 0.1) is 0 Å². The first-order valence-corrected chi connectivity index (χ1v) is 5.02. The Labute approximate surface area is 83.9 Å². The summed E-state index contributed by atoms with van der Waals surface area (Å²) in [6, 6.07) is 4.40. The summed E-state index contributed by atoms with van der Waals surface area (Å²) >= 11 is 0. The predicted octanol–water partition coefficient (Wildman–Crippen LogP) is 1.02. The summed E-state index contributed by atoms with van der Waals surface area (Å²) in [5, 5.41) is 6.67. The van der Waals surface area contributed by atoms with Crippen LogP contribution in [0.2, 0.25) is 0 Å². The molecule has 4 heteroatoms. The third kappa shape index (κ3) is 1.65. The molecule has 0 amide bonds.